The maximum Gasteiger partial charge on any atom is 0.233 e. The van der Waals surface area contributed by atoms with Gasteiger partial charge in [-0.3, -0.25) is 4.79 Å². The molecular weight excluding hydrogens is 460 g/mol. The number of benzene rings is 3. The zero-order valence-corrected chi connectivity index (χ0v) is 21.4. The van der Waals surface area contributed by atoms with Crippen molar-refractivity contribution >= 4 is 11.6 Å². The molecule has 4 rings (SSSR count). The number of phenolic OH excluding ortho intramolecular Hbond substituents is 1. The lowest BCUT2D eigenvalue weighted by Crippen LogP contribution is -2.58. The van der Waals surface area contributed by atoms with Crippen molar-refractivity contribution in [3.63, 3.8) is 0 Å². The Labute approximate surface area is 215 Å². The molecule has 1 amide bonds. The SMILES string of the molecule is [2H]c1c([2H])c(N2C(=O)[C@H]([C@@H](C)C[C@H](OC)c3ccc(F)c(C)c3C)[C@H]2c2ccc(O)cc2C)c(C)c([2H])c1F. The Morgan fingerprint density at radius 2 is 1.81 bits per heavy atom. The number of aryl methyl sites for hydroxylation is 1. The van der Waals surface area contributed by atoms with E-state index >= 15 is 0 Å². The number of β-lactam (4-membered cyclic amide) rings is 1. The Bertz CT molecular complexity index is 1430. The molecule has 0 aromatic heterocycles. The quantitative estimate of drug-likeness (QED) is 0.358. The minimum absolute atomic E-state index is 0.0469. The predicted octanol–water partition coefficient (Wildman–Crippen LogP) is 7.02. The van der Waals surface area contributed by atoms with Gasteiger partial charge in [0.05, 0.1) is 22.2 Å². The van der Waals surface area contributed by atoms with Gasteiger partial charge in [-0.05, 0) is 110 Å². The number of phenols is 1. The van der Waals surface area contributed by atoms with E-state index in [0.29, 0.717) is 12.0 Å². The van der Waals surface area contributed by atoms with Crippen LogP contribution in [-0.4, -0.2) is 18.1 Å². The lowest BCUT2D eigenvalue weighted by Gasteiger charge is -2.51. The molecule has 1 heterocycles. The number of hydrogen-bond acceptors (Lipinski definition) is 3. The van der Waals surface area contributed by atoms with E-state index in [1.54, 1.807) is 32.2 Å². The van der Waals surface area contributed by atoms with E-state index in [0.717, 1.165) is 22.3 Å². The van der Waals surface area contributed by atoms with Crippen LogP contribution in [0.3, 0.4) is 0 Å². The van der Waals surface area contributed by atoms with Crippen LogP contribution in [0.1, 0.15) is 63.0 Å². The van der Waals surface area contributed by atoms with Crippen molar-refractivity contribution in [2.75, 3.05) is 12.0 Å². The van der Waals surface area contributed by atoms with Crippen LogP contribution in [0.4, 0.5) is 14.5 Å². The molecule has 0 spiro atoms. The fourth-order valence-electron chi connectivity index (χ4n) is 5.33. The summed E-state index contributed by atoms with van der Waals surface area (Å²) in [6.45, 7) is 8.78. The number of hydrogen-bond donors (Lipinski definition) is 1. The fraction of sp³-hybridized carbons (Fsp3) is 0.367. The predicted molar refractivity (Wildman–Crippen MR) is 137 cm³/mol. The van der Waals surface area contributed by atoms with E-state index in [4.69, 9.17) is 8.85 Å². The molecule has 3 aromatic carbocycles. The highest BCUT2D eigenvalue weighted by Gasteiger charge is 2.52. The number of methoxy groups -OCH3 is 1. The third-order valence-electron chi connectivity index (χ3n) is 7.49. The number of ether oxygens (including phenoxy) is 1. The third-order valence-corrected chi connectivity index (χ3v) is 7.49. The summed E-state index contributed by atoms with van der Waals surface area (Å²) in [5, 5.41) is 10.0. The average molecular weight is 497 g/mol. The number of anilines is 1. The average Bonchev–Trinajstić information content (AvgIpc) is 2.89. The molecule has 1 aliphatic rings. The number of carbonyl (C=O) groups is 1. The second-order valence-corrected chi connectivity index (χ2v) is 9.71. The number of rotatable bonds is 7. The van der Waals surface area contributed by atoms with Crippen molar-refractivity contribution in [1.82, 2.24) is 0 Å². The molecule has 0 radical (unpaired) electrons. The summed E-state index contributed by atoms with van der Waals surface area (Å²) in [5.74, 6) is -2.41. The maximum absolute atomic E-state index is 14.4. The minimum Gasteiger partial charge on any atom is -0.508 e. The molecule has 0 aliphatic carbocycles. The molecular formula is C30H33F2NO3. The highest BCUT2D eigenvalue weighted by Crippen LogP contribution is 2.50. The number of nitrogens with zero attached hydrogens (tertiary/aromatic N) is 1. The largest absolute Gasteiger partial charge is 0.508 e. The molecule has 190 valence electrons. The molecule has 1 saturated heterocycles. The van der Waals surface area contributed by atoms with Gasteiger partial charge in [-0.25, -0.2) is 8.78 Å². The smallest absolute Gasteiger partial charge is 0.233 e. The summed E-state index contributed by atoms with van der Waals surface area (Å²) < 4.78 is 59.0. The highest BCUT2D eigenvalue weighted by atomic mass is 19.1. The van der Waals surface area contributed by atoms with Crippen LogP contribution in [0.25, 0.3) is 0 Å². The molecule has 1 N–H and O–H groups in total. The Morgan fingerprint density at radius 1 is 1.08 bits per heavy atom. The number of halogens is 2. The summed E-state index contributed by atoms with van der Waals surface area (Å²) in [4.78, 5) is 15.2. The van der Waals surface area contributed by atoms with Crippen LogP contribution in [0, 0.1) is 51.2 Å². The van der Waals surface area contributed by atoms with E-state index in [-0.39, 0.29) is 34.6 Å². The van der Waals surface area contributed by atoms with Crippen LogP contribution < -0.4 is 4.90 Å². The first kappa shape index (κ1) is 22.0. The van der Waals surface area contributed by atoms with Crippen LogP contribution >= 0.6 is 0 Å². The summed E-state index contributed by atoms with van der Waals surface area (Å²) >= 11 is 0. The van der Waals surface area contributed by atoms with Crippen molar-refractivity contribution in [3.8, 4) is 5.75 Å². The van der Waals surface area contributed by atoms with Crippen molar-refractivity contribution in [3.05, 3.63) is 93.5 Å². The standard InChI is InChI=1S/C30H33F2NO3/c1-16-14-22(34)8-9-23(16)29-28(30(35)33(29)26-12-7-21(31)13-17(26)2)18(3)15-27(36-6)24-10-11-25(32)20(5)19(24)4/h7-14,18,27-29,34H,15H2,1-6H3/t18-,27-,28+,29+/m0/s1/i7D,12D,13D. The molecule has 3 aromatic rings. The zero-order chi connectivity index (χ0) is 28.9. The molecule has 0 unspecified atom stereocenters. The van der Waals surface area contributed by atoms with Gasteiger partial charge in [0, 0.05) is 12.8 Å². The monoisotopic (exact) mass is 496 g/mol. The molecule has 36 heavy (non-hydrogen) atoms. The van der Waals surface area contributed by atoms with Gasteiger partial charge in [-0.2, -0.15) is 0 Å². The van der Waals surface area contributed by atoms with Crippen molar-refractivity contribution < 1.29 is 27.5 Å². The van der Waals surface area contributed by atoms with Crippen molar-refractivity contribution in [1.29, 1.82) is 0 Å². The fourth-order valence-corrected chi connectivity index (χ4v) is 5.33. The number of amides is 1. The summed E-state index contributed by atoms with van der Waals surface area (Å²) in [6.07, 6.45) is 0.0470. The normalized spacial score (nSPS) is 20.4. The van der Waals surface area contributed by atoms with Gasteiger partial charge in [0.15, 0.2) is 0 Å². The second-order valence-electron chi connectivity index (χ2n) is 9.71. The molecule has 4 nitrogen and oxygen atoms in total. The Morgan fingerprint density at radius 3 is 2.47 bits per heavy atom. The lowest BCUT2D eigenvalue weighted by atomic mass is 9.71. The lowest BCUT2D eigenvalue weighted by molar-refractivity contribution is -0.133. The molecule has 1 fully saturated rings. The number of aromatic hydroxyl groups is 1. The van der Waals surface area contributed by atoms with E-state index in [1.165, 1.54) is 24.0 Å². The second kappa shape index (κ2) is 10.0. The summed E-state index contributed by atoms with van der Waals surface area (Å²) in [6, 6.07) is 5.69. The molecule has 0 bridgehead atoms. The Hall–Kier alpha value is -3.25. The first-order valence-corrected chi connectivity index (χ1v) is 12.0. The van der Waals surface area contributed by atoms with Crippen LogP contribution in [0.2, 0.25) is 0 Å². The first-order chi connectivity index (χ1) is 18.3. The van der Waals surface area contributed by atoms with E-state index in [2.05, 4.69) is 0 Å². The third kappa shape index (κ3) is 4.50. The highest BCUT2D eigenvalue weighted by molar-refractivity contribution is 6.04. The van der Waals surface area contributed by atoms with Gasteiger partial charge < -0.3 is 14.7 Å². The van der Waals surface area contributed by atoms with Crippen LogP contribution in [-0.2, 0) is 9.53 Å². The Balaban J connectivity index is 1.78. The van der Waals surface area contributed by atoms with Gasteiger partial charge in [-0.1, -0.05) is 19.1 Å². The topological polar surface area (TPSA) is 49.8 Å². The van der Waals surface area contributed by atoms with Gasteiger partial charge in [-0.15, -0.1) is 0 Å². The van der Waals surface area contributed by atoms with Gasteiger partial charge in [0.2, 0.25) is 5.91 Å². The van der Waals surface area contributed by atoms with Crippen molar-refractivity contribution in [2.45, 2.75) is 53.2 Å². The maximum atomic E-state index is 14.4. The summed E-state index contributed by atoms with van der Waals surface area (Å²) in [5.41, 5.74) is 3.79. The van der Waals surface area contributed by atoms with Crippen molar-refractivity contribution in [2.24, 2.45) is 11.8 Å². The van der Waals surface area contributed by atoms with E-state index in [1.807, 2.05) is 20.8 Å². The minimum atomic E-state index is -1.09. The number of carbonyl (C=O) groups excluding carboxylic acids is 1. The molecule has 6 heteroatoms. The first-order valence-electron chi connectivity index (χ1n) is 13.5. The summed E-state index contributed by atoms with van der Waals surface area (Å²) in [7, 11) is 1.58. The van der Waals surface area contributed by atoms with Gasteiger partial charge >= 0.3 is 0 Å². The van der Waals surface area contributed by atoms with E-state index in [9.17, 15) is 18.7 Å². The zero-order valence-electron chi connectivity index (χ0n) is 24.4. The molecule has 0 saturated carbocycles. The molecule has 4 atom stereocenters. The molecule has 1 aliphatic heterocycles. The van der Waals surface area contributed by atoms with E-state index < -0.39 is 42.0 Å². The van der Waals surface area contributed by atoms with Gasteiger partial charge in [0.25, 0.3) is 0 Å². The van der Waals surface area contributed by atoms with Gasteiger partial charge in [0.1, 0.15) is 17.4 Å². The van der Waals surface area contributed by atoms with Crippen LogP contribution in [0.15, 0.2) is 48.5 Å². The Kier molecular flexibility index (Phi) is 6.12. The van der Waals surface area contributed by atoms with Crippen LogP contribution in [0.5, 0.6) is 5.75 Å².